The zero-order valence-corrected chi connectivity index (χ0v) is 19.6. The molecule has 2 aromatic heterocycles. The lowest BCUT2D eigenvalue weighted by atomic mass is 9.76. The number of carbonyl (C=O) groups excluding carboxylic acids is 1. The van der Waals surface area contributed by atoms with Crippen LogP contribution in [-0.2, 0) is 10.3 Å². The molecule has 1 aliphatic rings. The van der Waals surface area contributed by atoms with Crippen LogP contribution >= 0.6 is 0 Å². The van der Waals surface area contributed by atoms with Crippen LogP contribution in [0.15, 0.2) is 110 Å². The molecule has 0 radical (unpaired) electrons. The highest BCUT2D eigenvalue weighted by atomic mass is 16.2. The van der Waals surface area contributed by atoms with Crippen molar-refractivity contribution in [3.05, 3.63) is 126 Å². The fourth-order valence-corrected chi connectivity index (χ4v) is 5.17. The average molecular weight is 475 g/mol. The van der Waals surface area contributed by atoms with Crippen LogP contribution in [0, 0.1) is 0 Å². The summed E-state index contributed by atoms with van der Waals surface area (Å²) in [5.41, 5.74) is 3.49. The first-order valence-corrected chi connectivity index (χ1v) is 12.0. The fourth-order valence-electron chi connectivity index (χ4n) is 5.17. The zero-order chi connectivity index (χ0) is 24.4. The van der Waals surface area contributed by atoms with E-state index in [0.717, 1.165) is 27.7 Å². The molecule has 7 nitrogen and oxygen atoms in total. The number of piperazine rings is 1. The van der Waals surface area contributed by atoms with Gasteiger partial charge in [-0.05, 0) is 22.8 Å². The summed E-state index contributed by atoms with van der Waals surface area (Å²) in [7, 11) is 0. The molecule has 1 saturated heterocycles. The molecule has 0 saturated carbocycles. The van der Waals surface area contributed by atoms with Gasteiger partial charge in [0, 0.05) is 12.7 Å². The first kappa shape index (κ1) is 22.0. The highest BCUT2D eigenvalue weighted by molar-refractivity contribution is 5.89. The van der Waals surface area contributed by atoms with E-state index in [0.29, 0.717) is 18.9 Å². The Balaban J connectivity index is 1.59. The van der Waals surface area contributed by atoms with Crippen molar-refractivity contribution in [3.8, 4) is 0 Å². The monoisotopic (exact) mass is 474 g/mol. The normalized spacial score (nSPS) is 16.0. The molecule has 5 aromatic rings. The number of fused-ring (bicyclic) bond motifs is 1. The number of amides is 1. The van der Waals surface area contributed by atoms with Gasteiger partial charge in [-0.15, -0.1) is 0 Å². The Hall–Kier alpha value is -4.49. The minimum absolute atomic E-state index is 0.0436. The molecular weight excluding hydrogens is 448 g/mol. The van der Waals surface area contributed by atoms with Crippen molar-refractivity contribution in [1.82, 2.24) is 25.2 Å². The molecular formula is C29H26N6O. The van der Waals surface area contributed by atoms with Crippen molar-refractivity contribution in [1.29, 1.82) is 0 Å². The summed E-state index contributed by atoms with van der Waals surface area (Å²) in [6.45, 7) is 0.932. The van der Waals surface area contributed by atoms with E-state index < -0.39 is 5.54 Å². The Morgan fingerprint density at radius 1 is 0.806 bits per heavy atom. The maximum atomic E-state index is 11.9. The van der Waals surface area contributed by atoms with Gasteiger partial charge in [-0.1, -0.05) is 91.0 Å². The first-order valence-electron chi connectivity index (χ1n) is 12.0. The van der Waals surface area contributed by atoms with E-state index in [1.165, 1.54) is 0 Å². The Morgan fingerprint density at radius 3 is 1.94 bits per heavy atom. The minimum atomic E-state index is -0.669. The van der Waals surface area contributed by atoms with Gasteiger partial charge in [-0.25, -0.2) is 9.97 Å². The molecule has 1 amide bonds. The van der Waals surface area contributed by atoms with Gasteiger partial charge in [0.05, 0.1) is 11.9 Å². The minimum Gasteiger partial charge on any atom is -0.348 e. The number of benzene rings is 3. The fraction of sp³-hybridized carbons (Fsp3) is 0.138. The maximum absolute atomic E-state index is 11.9. The Bertz CT molecular complexity index is 1390. The van der Waals surface area contributed by atoms with E-state index in [-0.39, 0.29) is 12.1 Å². The van der Waals surface area contributed by atoms with Crippen LogP contribution < -0.4 is 16.0 Å². The van der Waals surface area contributed by atoms with E-state index in [9.17, 15) is 4.79 Å². The summed E-state index contributed by atoms with van der Waals surface area (Å²) >= 11 is 0. The maximum Gasteiger partial charge on any atom is 0.235 e. The summed E-state index contributed by atoms with van der Waals surface area (Å²) in [5, 5.41) is 10.3. The largest absolute Gasteiger partial charge is 0.348 e. The Morgan fingerprint density at radius 2 is 1.39 bits per heavy atom. The number of anilines is 1. The Kier molecular flexibility index (Phi) is 5.67. The third-order valence-corrected chi connectivity index (χ3v) is 6.70. The summed E-state index contributed by atoms with van der Waals surface area (Å²) in [4.78, 5) is 21.2. The number of nitrogens with zero attached hydrogens (tertiary/aromatic N) is 3. The number of aromatic nitrogens is 3. The number of hydrogen-bond acceptors (Lipinski definition) is 5. The van der Waals surface area contributed by atoms with Crippen LogP contribution in [0.1, 0.15) is 16.7 Å². The van der Waals surface area contributed by atoms with Crippen LogP contribution in [0.5, 0.6) is 0 Å². The molecule has 0 unspecified atom stereocenters. The van der Waals surface area contributed by atoms with Crippen LogP contribution in [0.2, 0.25) is 0 Å². The molecule has 3 heterocycles. The van der Waals surface area contributed by atoms with E-state index in [1.807, 2.05) is 24.3 Å². The van der Waals surface area contributed by atoms with E-state index in [1.54, 1.807) is 6.33 Å². The summed E-state index contributed by atoms with van der Waals surface area (Å²) in [6.07, 6.45) is 3.40. The van der Waals surface area contributed by atoms with Gasteiger partial charge in [0.1, 0.15) is 29.5 Å². The highest BCUT2D eigenvalue weighted by Gasteiger charge is 2.39. The van der Waals surface area contributed by atoms with Crippen molar-refractivity contribution in [2.45, 2.75) is 11.7 Å². The molecule has 1 aliphatic heterocycles. The molecule has 3 N–H and O–H groups in total. The summed E-state index contributed by atoms with van der Waals surface area (Å²) in [5.74, 6) is 0.633. The van der Waals surface area contributed by atoms with E-state index >= 15 is 0 Å². The van der Waals surface area contributed by atoms with E-state index in [2.05, 4.69) is 104 Å². The molecule has 178 valence electrons. The molecule has 1 fully saturated rings. The van der Waals surface area contributed by atoms with Crippen LogP contribution in [0.4, 0.5) is 5.82 Å². The van der Waals surface area contributed by atoms with Crippen LogP contribution in [0.3, 0.4) is 0 Å². The molecule has 1 atom stereocenters. The van der Waals surface area contributed by atoms with Gasteiger partial charge in [0.15, 0.2) is 0 Å². The summed E-state index contributed by atoms with van der Waals surface area (Å²) < 4.78 is 2.23. The van der Waals surface area contributed by atoms with Crippen LogP contribution in [0.25, 0.3) is 11.0 Å². The standard InChI is InChI=1S/C29H26N6O/c36-26-19-30-18-25(33-26)34-27-24-16-17-35(28(24)32-20-31-27)29(21-10-4-1-5-11-21,22-12-6-2-7-13-22)23-14-8-3-9-15-23/h1-17,20,25,30H,18-19H2,(H,33,36)(H,31,32,34)/t25-/m0/s1. The summed E-state index contributed by atoms with van der Waals surface area (Å²) in [6, 6.07) is 33.6. The SMILES string of the molecule is O=C1CNC[C@H](Nc2ncnc3c2ccn3C(c2ccccc2)(c2ccccc2)c2ccccc2)N1. The predicted molar refractivity (Wildman–Crippen MR) is 141 cm³/mol. The second-order valence-corrected chi connectivity index (χ2v) is 8.85. The number of hydrogen-bond donors (Lipinski definition) is 3. The van der Waals surface area contributed by atoms with Crippen molar-refractivity contribution < 1.29 is 4.79 Å². The van der Waals surface area contributed by atoms with Gasteiger partial charge in [-0.3, -0.25) is 4.79 Å². The van der Waals surface area contributed by atoms with E-state index in [4.69, 9.17) is 4.98 Å². The molecule has 3 aromatic carbocycles. The van der Waals surface area contributed by atoms with Gasteiger partial charge in [0.25, 0.3) is 0 Å². The smallest absolute Gasteiger partial charge is 0.235 e. The number of rotatable bonds is 6. The Labute approximate surface area is 209 Å². The lowest BCUT2D eigenvalue weighted by Gasteiger charge is -2.38. The second kappa shape index (κ2) is 9.28. The third-order valence-electron chi connectivity index (χ3n) is 6.70. The molecule has 0 aliphatic carbocycles. The van der Waals surface area contributed by atoms with Crippen molar-refractivity contribution >= 4 is 22.8 Å². The van der Waals surface area contributed by atoms with Gasteiger partial charge >= 0.3 is 0 Å². The van der Waals surface area contributed by atoms with Crippen molar-refractivity contribution in [2.75, 3.05) is 18.4 Å². The first-order chi connectivity index (χ1) is 17.8. The number of nitrogens with one attached hydrogen (secondary N) is 3. The van der Waals surface area contributed by atoms with Gasteiger partial charge in [0.2, 0.25) is 5.91 Å². The molecule has 36 heavy (non-hydrogen) atoms. The highest BCUT2D eigenvalue weighted by Crippen LogP contribution is 2.43. The lowest BCUT2D eigenvalue weighted by Crippen LogP contribution is -2.55. The van der Waals surface area contributed by atoms with Crippen LogP contribution in [-0.4, -0.2) is 39.7 Å². The molecule has 7 heteroatoms. The third kappa shape index (κ3) is 3.70. The molecule has 6 rings (SSSR count). The quantitative estimate of drug-likeness (QED) is 0.327. The zero-order valence-electron chi connectivity index (χ0n) is 19.6. The van der Waals surface area contributed by atoms with Gasteiger partial charge < -0.3 is 20.5 Å². The lowest BCUT2D eigenvalue weighted by molar-refractivity contribution is -0.121. The predicted octanol–water partition coefficient (Wildman–Crippen LogP) is 3.73. The molecule has 0 bridgehead atoms. The molecule has 0 spiro atoms. The number of carbonyl (C=O) groups is 1. The average Bonchev–Trinajstić information content (AvgIpc) is 3.37. The van der Waals surface area contributed by atoms with Crippen molar-refractivity contribution in [3.63, 3.8) is 0 Å². The van der Waals surface area contributed by atoms with Crippen molar-refractivity contribution in [2.24, 2.45) is 0 Å². The topological polar surface area (TPSA) is 83.9 Å². The second-order valence-electron chi connectivity index (χ2n) is 8.85. The van der Waals surface area contributed by atoms with Gasteiger partial charge in [-0.2, -0.15) is 0 Å².